The minimum absolute atomic E-state index is 0.226. The van der Waals surface area contributed by atoms with Gasteiger partial charge >= 0.3 is 0 Å². The molecule has 0 spiro atoms. The lowest BCUT2D eigenvalue weighted by Crippen LogP contribution is -2.24. The van der Waals surface area contributed by atoms with Gasteiger partial charge in [-0.05, 0) is 18.6 Å². The Labute approximate surface area is 77.8 Å². The molecule has 70 valence electrons. The molecule has 13 heavy (non-hydrogen) atoms. The van der Waals surface area contributed by atoms with Crippen LogP contribution in [0.2, 0.25) is 0 Å². The van der Waals surface area contributed by atoms with E-state index in [0.29, 0.717) is 5.92 Å². The maximum absolute atomic E-state index is 8.95. The number of aliphatic hydroxyl groups excluding tert-OH is 1. The van der Waals surface area contributed by atoms with Gasteiger partial charge in [0.15, 0.2) is 0 Å². The van der Waals surface area contributed by atoms with E-state index in [4.69, 9.17) is 5.11 Å². The molecule has 2 atom stereocenters. The van der Waals surface area contributed by atoms with Crippen LogP contribution in [0.3, 0.4) is 0 Å². The molecule has 0 bridgehead atoms. The first-order chi connectivity index (χ1) is 6.40. The van der Waals surface area contributed by atoms with E-state index in [1.54, 1.807) is 0 Å². The van der Waals surface area contributed by atoms with Crippen LogP contribution in [-0.4, -0.2) is 29.3 Å². The van der Waals surface area contributed by atoms with Crippen molar-refractivity contribution in [2.45, 2.75) is 18.4 Å². The Kier molecular flexibility index (Phi) is 2.57. The molecule has 3 nitrogen and oxygen atoms in total. The van der Waals surface area contributed by atoms with Gasteiger partial charge in [-0.25, -0.2) is 0 Å². The minimum atomic E-state index is 0.226. The molecule has 1 aliphatic rings. The zero-order valence-electron chi connectivity index (χ0n) is 7.48. The highest BCUT2D eigenvalue weighted by Crippen LogP contribution is 2.23. The van der Waals surface area contributed by atoms with Crippen molar-refractivity contribution in [1.82, 2.24) is 10.3 Å². The molecule has 0 aromatic carbocycles. The van der Waals surface area contributed by atoms with Crippen LogP contribution in [0.4, 0.5) is 0 Å². The van der Waals surface area contributed by atoms with Gasteiger partial charge in [-0.15, -0.1) is 0 Å². The Balaban J connectivity index is 2.04. The standard InChI is InChI=1S/C10H14N2O/c13-7-9-5-8(6-12-9)10-3-1-2-4-11-10/h1-4,8-9,12-13H,5-7H2/t8-,9-/m0/s1. The summed E-state index contributed by atoms with van der Waals surface area (Å²) in [5.41, 5.74) is 1.13. The van der Waals surface area contributed by atoms with Crippen molar-refractivity contribution < 1.29 is 5.11 Å². The number of aliphatic hydroxyl groups is 1. The lowest BCUT2D eigenvalue weighted by molar-refractivity contribution is 0.254. The van der Waals surface area contributed by atoms with Crippen molar-refractivity contribution in [3.8, 4) is 0 Å². The fourth-order valence-electron chi connectivity index (χ4n) is 1.80. The molecule has 0 saturated carbocycles. The topological polar surface area (TPSA) is 45.2 Å². The Morgan fingerprint density at radius 2 is 2.46 bits per heavy atom. The first kappa shape index (κ1) is 8.66. The molecule has 1 aromatic heterocycles. The molecule has 0 aliphatic carbocycles. The second-order valence-corrected chi connectivity index (χ2v) is 3.47. The van der Waals surface area contributed by atoms with E-state index in [0.717, 1.165) is 18.7 Å². The third kappa shape index (κ3) is 1.87. The van der Waals surface area contributed by atoms with Crippen LogP contribution in [0.5, 0.6) is 0 Å². The first-order valence-electron chi connectivity index (χ1n) is 4.65. The number of nitrogens with zero attached hydrogens (tertiary/aromatic N) is 1. The SMILES string of the molecule is OC[C@@H]1C[C@H](c2ccccn2)CN1. The van der Waals surface area contributed by atoms with E-state index >= 15 is 0 Å². The summed E-state index contributed by atoms with van der Waals surface area (Å²) in [7, 11) is 0. The van der Waals surface area contributed by atoms with E-state index < -0.39 is 0 Å². The summed E-state index contributed by atoms with van der Waals surface area (Å²) in [6.45, 7) is 1.16. The Morgan fingerprint density at radius 1 is 1.54 bits per heavy atom. The average molecular weight is 178 g/mol. The number of pyridine rings is 1. The van der Waals surface area contributed by atoms with Gasteiger partial charge in [-0.2, -0.15) is 0 Å². The van der Waals surface area contributed by atoms with Gasteiger partial charge in [0.1, 0.15) is 0 Å². The summed E-state index contributed by atoms with van der Waals surface area (Å²) in [5, 5.41) is 12.2. The van der Waals surface area contributed by atoms with Crippen molar-refractivity contribution in [3.05, 3.63) is 30.1 Å². The molecule has 2 N–H and O–H groups in total. The Bertz CT molecular complexity index is 263. The van der Waals surface area contributed by atoms with E-state index in [2.05, 4.69) is 10.3 Å². The Hall–Kier alpha value is -0.930. The molecule has 0 amide bonds. The van der Waals surface area contributed by atoms with E-state index in [9.17, 15) is 0 Å². The van der Waals surface area contributed by atoms with Crippen molar-refractivity contribution in [2.75, 3.05) is 13.2 Å². The van der Waals surface area contributed by atoms with Crippen LogP contribution in [0.1, 0.15) is 18.0 Å². The molecule has 1 aliphatic heterocycles. The van der Waals surface area contributed by atoms with Crippen LogP contribution < -0.4 is 5.32 Å². The third-order valence-corrected chi connectivity index (χ3v) is 2.55. The molecule has 0 radical (unpaired) electrons. The molecule has 0 unspecified atom stereocenters. The molecule has 2 rings (SSSR count). The number of hydrogen-bond acceptors (Lipinski definition) is 3. The quantitative estimate of drug-likeness (QED) is 0.694. The molecular weight excluding hydrogens is 164 g/mol. The average Bonchev–Trinajstić information content (AvgIpc) is 2.67. The highest BCUT2D eigenvalue weighted by molar-refractivity contribution is 5.12. The fraction of sp³-hybridized carbons (Fsp3) is 0.500. The summed E-state index contributed by atoms with van der Waals surface area (Å²) < 4.78 is 0. The zero-order valence-corrected chi connectivity index (χ0v) is 7.48. The number of nitrogens with one attached hydrogen (secondary N) is 1. The minimum Gasteiger partial charge on any atom is -0.395 e. The lowest BCUT2D eigenvalue weighted by Gasteiger charge is -2.06. The molecule has 1 saturated heterocycles. The fourth-order valence-corrected chi connectivity index (χ4v) is 1.80. The highest BCUT2D eigenvalue weighted by Gasteiger charge is 2.24. The monoisotopic (exact) mass is 178 g/mol. The van der Waals surface area contributed by atoms with Gasteiger partial charge in [0.25, 0.3) is 0 Å². The van der Waals surface area contributed by atoms with Gasteiger partial charge in [-0.1, -0.05) is 6.07 Å². The summed E-state index contributed by atoms with van der Waals surface area (Å²) in [6, 6.07) is 6.24. The summed E-state index contributed by atoms with van der Waals surface area (Å²) in [6.07, 6.45) is 2.81. The Morgan fingerprint density at radius 3 is 3.08 bits per heavy atom. The van der Waals surface area contributed by atoms with Crippen molar-refractivity contribution in [2.24, 2.45) is 0 Å². The normalized spacial score (nSPS) is 27.8. The van der Waals surface area contributed by atoms with Gasteiger partial charge < -0.3 is 10.4 Å². The van der Waals surface area contributed by atoms with E-state index in [-0.39, 0.29) is 12.6 Å². The molecule has 2 heterocycles. The van der Waals surface area contributed by atoms with Crippen LogP contribution in [-0.2, 0) is 0 Å². The van der Waals surface area contributed by atoms with Crippen molar-refractivity contribution in [1.29, 1.82) is 0 Å². The maximum atomic E-state index is 8.95. The largest absolute Gasteiger partial charge is 0.395 e. The molecule has 3 heteroatoms. The summed E-state index contributed by atoms with van der Waals surface area (Å²) >= 11 is 0. The molecule has 1 fully saturated rings. The van der Waals surface area contributed by atoms with Crippen molar-refractivity contribution >= 4 is 0 Å². The van der Waals surface area contributed by atoms with Crippen molar-refractivity contribution in [3.63, 3.8) is 0 Å². The maximum Gasteiger partial charge on any atom is 0.0584 e. The summed E-state index contributed by atoms with van der Waals surface area (Å²) in [5.74, 6) is 0.471. The van der Waals surface area contributed by atoms with E-state index in [1.165, 1.54) is 0 Å². The lowest BCUT2D eigenvalue weighted by atomic mass is 10.0. The van der Waals surface area contributed by atoms with Gasteiger partial charge in [-0.3, -0.25) is 4.98 Å². The second kappa shape index (κ2) is 3.85. The van der Waals surface area contributed by atoms with Gasteiger partial charge in [0, 0.05) is 30.4 Å². The zero-order chi connectivity index (χ0) is 9.10. The number of hydrogen-bond donors (Lipinski definition) is 2. The smallest absolute Gasteiger partial charge is 0.0584 e. The number of aromatic nitrogens is 1. The predicted octanol–water partition coefficient (Wildman–Crippen LogP) is 0.519. The molecule has 1 aromatic rings. The number of rotatable bonds is 2. The highest BCUT2D eigenvalue weighted by atomic mass is 16.3. The van der Waals surface area contributed by atoms with Gasteiger partial charge in [0.05, 0.1) is 6.61 Å². The first-order valence-corrected chi connectivity index (χ1v) is 4.65. The van der Waals surface area contributed by atoms with Gasteiger partial charge in [0.2, 0.25) is 0 Å². The molecular formula is C10H14N2O. The predicted molar refractivity (Wildman–Crippen MR) is 50.5 cm³/mol. The van der Waals surface area contributed by atoms with Crippen LogP contribution in [0, 0.1) is 0 Å². The van der Waals surface area contributed by atoms with Crippen LogP contribution in [0.15, 0.2) is 24.4 Å². The van der Waals surface area contributed by atoms with E-state index in [1.807, 2.05) is 24.4 Å². The van der Waals surface area contributed by atoms with Crippen LogP contribution >= 0.6 is 0 Å². The third-order valence-electron chi connectivity index (χ3n) is 2.55. The summed E-state index contributed by atoms with van der Waals surface area (Å²) in [4.78, 5) is 4.31. The second-order valence-electron chi connectivity index (χ2n) is 3.47. The van der Waals surface area contributed by atoms with Crippen LogP contribution in [0.25, 0.3) is 0 Å².